The lowest BCUT2D eigenvalue weighted by atomic mass is 10.2. The molecule has 3 amide bonds. The fraction of sp³-hybridized carbons (Fsp3) is 0.250. The third kappa shape index (κ3) is 3.46. The smallest absolute Gasteiger partial charge is 0.322 e. The summed E-state index contributed by atoms with van der Waals surface area (Å²) < 4.78 is 4.91. The van der Waals surface area contributed by atoms with E-state index in [4.69, 9.17) is 4.52 Å². The number of carbonyl (C=O) groups is 2. The van der Waals surface area contributed by atoms with Gasteiger partial charge >= 0.3 is 6.03 Å². The first-order valence-corrected chi connectivity index (χ1v) is 9.61. The predicted molar refractivity (Wildman–Crippen MR) is 98.8 cm³/mol. The van der Waals surface area contributed by atoms with Gasteiger partial charge in [0.05, 0.1) is 17.2 Å². The van der Waals surface area contributed by atoms with Gasteiger partial charge in [-0.2, -0.15) is 0 Å². The first-order chi connectivity index (χ1) is 12.6. The lowest BCUT2D eigenvalue weighted by molar-refractivity contribution is 0.101. The zero-order valence-electron chi connectivity index (χ0n) is 13.8. The largest absolute Gasteiger partial charge is 0.361 e. The number of aromatic nitrogens is 2. The molecule has 3 aromatic rings. The number of fused-ring (bicyclic) bond motifs is 1. The molecular weight excluding hydrogens is 374 g/mol. The number of anilines is 2. The Morgan fingerprint density at radius 3 is 2.96 bits per heavy atom. The Bertz CT molecular complexity index is 947. The summed E-state index contributed by atoms with van der Waals surface area (Å²) in [5.74, 6) is 0.209. The van der Waals surface area contributed by atoms with Crippen LogP contribution in [0.1, 0.15) is 26.8 Å². The molecule has 4 heterocycles. The highest BCUT2D eigenvalue weighted by atomic mass is 32.1. The standard InChI is InChI=1S/C16H15N5O3S2/c1-9-7-11(20-24-9)14(22)19-15-17-10-4-5-21(8-12(10)26-15)16(23)18-13-3-2-6-25-13/h2-3,6-7H,4-5,8H2,1H3,(H,18,23)(H,17,19,22). The number of nitrogens with one attached hydrogen (secondary N) is 2. The Labute approximate surface area is 156 Å². The molecule has 0 atom stereocenters. The molecule has 10 heteroatoms. The maximum Gasteiger partial charge on any atom is 0.322 e. The van der Waals surface area contributed by atoms with Crippen molar-refractivity contribution in [2.75, 3.05) is 17.2 Å². The van der Waals surface area contributed by atoms with Crippen molar-refractivity contribution in [2.45, 2.75) is 19.9 Å². The summed E-state index contributed by atoms with van der Waals surface area (Å²) in [7, 11) is 0. The van der Waals surface area contributed by atoms with Gasteiger partial charge in [0.15, 0.2) is 10.8 Å². The second kappa shape index (κ2) is 6.89. The van der Waals surface area contributed by atoms with Crippen molar-refractivity contribution in [3.05, 3.63) is 45.6 Å². The molecule has 0 unspecified atom stereocenters. The third-order valence-electron chi connectivity index (χ3n) is 3.85. The van der Waals surface area contributed by atoms with Crippen LogP contribution < -0.4 is 10.6 Å². The van der Waals surface area contributed by atoms with Crippen molar-refractivity contribution in [3.63, 3.8) is 0 Å². The molecule has 26 heavy (non-hydrogen) atoms. The van der Waals surface area contributed by atoms with Gasteiger partial charge in [0.1, 0.15) is 5.76 Å². The van der Waals surface area contributed by atoms with Gasteiger partial charge in [0.25, 0.3) is 5.91 Å². The number of urea groups is 1. The van der Waals surface area contributed by atoms with Crippen molar-refractivity contribution in [3.8, 4) is 0 Å². The molecule has 0 spiro atoms. The molecule has 0 aromatic carbocycles. The van der Waals surface area contributed by atoms with E-state index in [9.17, 15) is 9.59 Å². The van der Waals surface area contributed by atoms with Gasteiger partial charge in [-0.3, -0.25) is 15.4 Å². The van der Waals surface area contributed by atoms with Gasteiger partial charge in [-0.1, -0.05) is 16.5 Å². The molecule has 1 aliphatic heterocycles. The molecule has 3 aromatic heterocycles. The maximum absolute atomic E-state index is 12.4. The quantitative estimate of drug-likeness (QED) is 0.715. The van der Waals surface area contributed by atoms with Crippen molar-refractivity contribution < 1.29 is 14.1 Å². The Morgan fingerprint density at radius 2 is 2.23 bits per heavy atom. The fourth-order valence-electron chi connectivity index (χ4n) is 2.59. The summed E-state index contributed by atoms with van der Waals surface area (Å²) in [6, 6.07) is 5.20. The van der Waals surface area contributed by atoms with Crippen molar-refractivity contribution in [1.29, 1.82) is 0 Å². The van der Waals surface area contributed by atoms with Crippen LogP contribution in [0.4, 0.5) is 14.9 Å². The van der Waals surface area contributed by atoms with Crippen LogP contribution in [-0.2, 0) is 13.0 Å². The molecule has 0 aliphatic carbocycles. The van der Waals surface area contributed by atoms with Crippen LogP contribution in [0.15, 0.2) is 28.1 Å². The number of hydrogen-bond acceptors (Lipinski definition) is 7. The first kappa shape index (κ1) is 16.7. The van der Waals surface area contributed by atoms with Crippen LogP contribution in [0.25, 0.3) is 0 Å². The molecule has 1 aliphatic rings. The molecule has 0 saturated carbocycles. The van der Waals surface area contributed by atoms with Crippen LogP contribution in [0.5, 0.6) is 0 Å². The minimum absolute atomic E-state index is 0.129. The summed E-state index contributed by atoms with van der Waals surface area (Å²) in [5, 5.41) is 12.6. The summed E-state index contributed by atoms with van der Waals surface area (Å²) >= 11 is 2.86. The number of rotatable bonds is 3. The lowest BCUT2D eigenvalue weighted by Crippen LogP contribution is -2.38. The van der Waals surface area contributed by atoms with Crippen LogP contribution in [0.3, 0.4) is 0 Å². The van der Waals surface area contributed by atoms with Gasteiger partial charge in [-0.25, -0.2) is 9.78 Å². The SMILES string of the molecule is Cc1cc(C(=O)Nc2nc3c(s2)CN(C(=O)Nc2cccs2)CC3)no1. The minimum Gasteiger partial charge on any atom is -0.361 e. The van der Waals surface area contributed by atoms with E-state index in [1.165, 1.54) is 22.7 Å². The third-order valence-corrected chi connectivity index (χ3v) is 5.63. The lowest BCUT2D eigenvalue weighted by Gasteiger charge is -2.25. The van der Waals surface area contributed by atoms with Gasteiger partial charge in [0.2, 0.25) is 0 Å². The van der Waals surface area contributed by atoms with Crippen molar-refractivity contribution >= 4 is 44.7 Å². The van der Waals surface area contributed by atoms with E-state index in [2.05, 4.69) is 20.8 Å². The molecule has 0 fully saturated rings. The summed E-state index contributed by atoms with van der Waals surface area (Å²) in [6.07, 6.45) is 0.655. The second-order valence-electron chi connectivity index (χ2n) is 5.74. The number of carbonyl (C=O) groups excluding carboxylic acids is 2. The molecule has 0 radical (unpaired) electrons. The number of amides is 3. The van der Waals surface area contributed by atoms with Gasteiger partial charge in [0, 0.05) is 23.9 Å². The minimum atomic E-state index is -0.361. The van der Waals surface area contributed by atoms with E-state index in [0.29, 0.717) is 30.4 Å². The average molecular weight is 389 g/mol. The molecule has 2 N–H and O–H groups in total. The highest BCUT2D eigenvalue weighted by Crippen LogP contribution is 2.29. The Morgan fingerprint density at radius 1 is 1.35 bits per heavy atom. The first-order valence-electron chi connectivity index (χ1n) is 7.91. The van der Waals surface area contributed by atoms with Crippen LogP contribution in [-0.4, -0.2) is 33.5 Å². The summed E-state index contributed by atoms with van der Waals surface area (Å²) in [6.45, 7) is 2.79. The van der Waals surface area contributed by atoms with Crippen LogP contribution in [0.2, 0.25) is 0 Å². The van der Waals surface area contributed by atoms with E-state index in [-0.39, 0.29) is 17.6 Å². The van der Waals surface area contributed by atoms with E-state index in [1.54, 1.807) is 17.9 Å². The second-order valence-corrected chi connectivity index (χ2v) is 7.78. The summed E-state index contributed by atoms with van der Waals surface area (Å²) in [5.41, 5.74) is 1.13. The highest BCUT2D eigenvalue weighted by molar-refractivity contribution is 7.16. The van der Waals surface area contributed by atoms with Gasteiger partial charge < -0.3 is 9.42 Å². The number of thiophene rings is 1. The van der Waals surface area contributed by atoms with Crippen LogP contribution >= 0.6 is 22.7 Å². The Kier molecular flexibility index (Phi) is 4.43. The van der Waals surface area contributed by atoms with Crippen molar-refractivity contribution in [2.24, 2.45) is 0 Å². The molecular formula is C16H15N5O3S2. The normalized spacial score (nSPS) is 13.3. The summed E-state index contributed by atoms with van der Waals surface area (Å²) in [4.78, 5) is 31.7. The van der Waals surface area contributed by atoms with Crippen LogP contribution in [0, 0.1) is 6.92 Å². The van der Waals surface area contributed by atoms with E-state index in [0.717, 1.165) is 15.6 Å². The van der Waals surface area contributed by atoms with E-state index in [1.807, 2.05) is 17.5 Å². The zero-order valence-corrected chi connectivity index (χ0v) is 15.4. The van der Waals surface area contributed by atoms with Crippen molar-refractivity contribution in [1.82, 2.24) is 15.0 Å². The number of hydrogen-bond donors (Lipinski definition) is 2. The maximum atomic E-state index is 12.4. The molecule has 8 nitrogen and oxygen atoms in total. The van der Waals surface area contributed by atoms with E-state index >= 15 is 0 Å². The molecule has 4 rings (SSSR count). The molecule has 134 valence electrons. The fourth-order valence-corrected chi connectivity index (χ4v) is 4.22. The molecule has 0 bridgehead atoms. The topological polar surface area (TPSA) is 100 Å². The zero-order chi connectivity index (χ0) is 18.1. The number of nitrogens with zero attached hydrogens (tertiary/aromatic N) is 3. The average Bonchev–Trinajstić information content (AvgIpc) is 3.34. The number of aryl methyl sites for hydroxylation is 1. The van der Waals surface area contributed by atoms with E-state index < -0.39 is 0 Å². The van der Waals surface area contributed by atoms with Gasteiger partial charge in [-0.05, 0) is 24.4 Å². The molecule has 0 saturated heterocycles. The monoisotopic (exact) mass is 389 g/mol. The highest BCUT2D eigenvalue weighted by Gasteiger charge is 2.25. The number of thiazole rings is 1. The Hall–Kier alpha value is -2.72. The Balaban J connectivity index is 1.42. The van der Waals surface area contributed by atoms with Gasteiger partial charge in [-0.15, -0.1) is 11.3 Å². The predicted octanol–water partition coefficient (Wildman–Crippen LogP) is 3.34.